The van der Waals surface area contributed by atoms with E-state index in [-0.39, 0.29) is 24.0 Å². The number of nitrogens with one attached hydrogen (secondary N) is 2. The number of guanidine groups is 1. The summed E-state index contributed by atoms with van der Waals surface area (Å²) in [6, 6.07) is 8.63. The summed E-state index contributed by atoms with van der Waals surface area (Å²) < 4.78 is 0. The number of hydrogen-bond donors (Lipinski definition) is 2. The first kappa shape index (κ1) is 23.8. The summed E-state index contributed by atoms with van der Waals surface area (Å²) in [6.07, 6.45) is 2.84. The van der Waals surface area contributed by atoms with Crippen LogP contribution >= 0.6 is 35.3 Å². The Kier molecular flexibility index (Phi) is 11.5. The molecule has 1 aromatic heterocycles. The van der Waals surface area contributed by atoms with Crippen molar-refractivity contribution in [1.82, 2.24) is 20.5 Å². The third-order valence-electron chi connectivity index (χ3n) is 4.38. The number of hydrogen-bond acceptors (Lipinski definition) is 4. The van der Waals surface area contributed by atoms with Gasteiger partial charge in [0.15, 0.2) is 5.96 Å². The summed E-state index contributed by atoms with van der Waals surface area (Å²) in [5, 5.41) is 7.97. The lowest BCUT2D eigenvalue weighted by Gasteiger charge is -2.20. The number of nitrogens with zero attached hydrogens (tertiary/aromatic N) is 3. The Morgan fingerprint density at radius 3 is 2.44 bits per heavy atom. The van der Waals surface area contributed by atoms with Gasteiger partial charge in [-0.3, -0.25) is 9.89 Å². The minimum absolute atomic E-state index is 0. The van der Waals surface area contributed by atoms with E-state index >= 15 is 0 Å². The smallest absolute Gasteiger partial charge is 0.191 e. The normalized spacial score (nSPS) is 11.4. The first-order valence-electron chi connectivity index (χ1n) is 9.31. The Hall–Kier alpha value is -1.19. The van der Waals surface area contributed by atoms with E-state index in [0.717, 1.165) is 50.1 Å². The van der Waals surface area contributed by atoms with Gasteiger partial charge in [-0.1, -0.05) is 38.1 Å². The fourth-order valence-electron chi connectivity index (χ4n) is 2.78. The van der Waals surface area contributed by atoms with Gasteiger partial charge < -0.3 is 10.6 Å². The molecule has 2 rings (SSSR count). The van der Waals surface area contributed by atoms with E-state index in [1.54, 1.807) is 11.3 Å². The number of benzene rings is 1. The molecule has 2 N–H and O–H groups in total. The van der Waals surface area contributed by atoms with Crippen LogP contribution < -0.4 is 10.6 Å². The van der Waals surface area contributed by atoms with Gasteiger partial charge in [0.1, 0.15) is 0 Å². The average Bonchev–Trinajstić information content (AvgIpc) is 3.08. The van der Waals surface area contributed by atoms with Crippen LogP contribution in [0.5, 0.6) is 0 Å². The molecule has 0 spiro atoms. The molecule has 0 unspecified atom stereocenters. The van der Waals surface area contributed by atoms with Crippen molar-refractivity contribution in [3.63, 3.8) is 0 Å². The Labute approximate surface area is 184 Å². The summed E-state index contributed by atoms with van der Waals surface area (Å²) in [7, 11) is 1.81. The van der Waals surface area contributed by atoms with Crippen LogP contribution in [-0.4, -0.2) is 42.5 Å². The van der Waals surface area contributed by atoms with Crippen LogP contribution in [0, 0.1) is 6.92 Å². The highest BCUT2D eigenvalue weighted by Gasteiger charge is 2.07. The zero-order valence-electron chi connectivity index (χ0n) is 16.8. The standard InChI is InChI=1S/C20H31N5S.HI/c1-5-25(6-2)15-18-10-8-7-9-17(18)14-24-20(21-4)22-12-11-19-23-13-16(3)26-19;/h7-10,13H,5-6,11-12,14-15H2,1-4H3,(H2,21,22,24);1H. The van der Waals surface area contributed by atoms with Crippen LogP contribution in [0.4, 0.5) is 0 Å². The summed E-state index contributed by atoms with van der Waals surface area (Å²) in [5.41, 5.74) is 2.69. The van der Waals surface area contributed by atoms with Crippen LogP contribution in [0.15, 0.2) is 35.5 Å². The zero-order chi connectivity index (χ0) is 18.8. The molecular weight excluding hydrogens is 469 g/mol. The molecule has 0 aliphatic heterocycles. The third kappa shape index (κ3) is 8.15. The Bertz CT molecular complexity index is 697. The van der Waals surface area contributed by atoms with Gasteiger partial charge in [0.2, 0.25) is 0 Å². The lowest BCUT2D eigenvalue weighted by atomic mass is 10.1. The molecule has 0 bridgehead atoms. The van der Waals surface area contributed by atoms with Gasteiger partial charge in [-0.15, -0.1) is 35.3 Å². The fraction of sp³-hybridized carbons (Fsp3) is 0.500. The first-order valence-corrected chi connectivity index (χ1v) is 10.1. The van der Waals surface area contributed by atoms with Crippen LogP contribution in [0.25, 0.3) is 0 Å². The van der Waals surface area contributed by atoms with Gasteiger partial charge in [-0.05, 0) is 31.1 Å². The predicted octanol–water partition coefficient (Wildman–Crippen LogP) is 3.82. The highest BCUT2D eigenvalue weighted by atomic mass is 127. The van der Waals surface area contributed by atoms with Gasteiger partial charge in [0.25, 0.3) is 0 Å². The largest absolute Gasteiger partial charge is 0.356 e. The van der Waals surface area contributed by atoms with Crippen molar-refractivity contribution in [2.75, 3.05) is 26.7 Å². The number of rotatable bonds is 9. The van der Waals surface area contributed by atoms with Crippen molar-refractivity contribution < 1.29 is 0 Å². The monoisotopic (exact) mass is 501 g/mol. The molecule has 150 valence electrons. The van der Waals surface area contributed by atoms with Crippen LogP contribution in [-0.2, 0) is 19.5 Å². The van der Waals surface area contributed by atoms with Crippen molar-refractivity contribution >= 4 is 41.3 Å². The minimum Gasteiger partial charge on any atom is -0.356 e. The van der Waals surface area contributed by atoms with Gasteiger partial charge in [-0.2, -0.15) is 0 Å². The molecule has 7 heteroatoms. The summed E-state index contributed by atoms with van der Waals surface area (Å²) in [4.78, 5) is 12.4. The van der Waals surface area contributed by atoms with Crippen molar-refractivity contribution in [2.45, 2.75) is 40.3 Å². The van der Waals surface area contributed by atoms with Gasteiger partial charge in [0, 0.05) is 44.2 Å². The minimum atomic E-state index is 0. The van der Waals surface area contributed by atoms with Crippen LogP contribution in [0.2, 0.25) is 0 Å². The molecule has 0 fully saturated rings. The number of aryl methyl sites for hydroxylation is 1. The molecule has 0 atom stereocenters. The lowest BCUT2D eigenvalue weighted by molar-refractivity contribution is 0.295. The van der Waals surface area contributed by atoms with E-state index in [1.807, 2.05) is 13.2 Å². The SMILES string of the molecule is CCN(CC)Cc1ccccc1CNC(=NC)NCCc1ncc(C)s1.I. The molecule has 5 nitrogen and oxygen atoms in total. The quantitative estimate of drug-likeness (QED) is 0.312. The van der Waals surface area contributed by atoms with E-state index in [1.165, 1.54) is 16.0 Å². The van der Waals surface area contributed by atoms with Crippen LogP contribution in [0.1, 0.15) is 34.9 Å². The molecule has 2 aromatic rings. The van der Waals surface area contributed by atoms with Crippen molar-refractivity contribution in [3.05, 3.63) is 51.5 Å². The van der Waals surface area contributed by atoms with Crippen molar-refractivity contribution in [2.24, 2.45) is 4.99 Å². The Morgan fingerprint density at radius 1 is 1.15 bits per heavy atom. The molecule has 0 saturated carbocycles. The topological polar surface area (TPSA) is 52.5 Å². The fourth-order valence-corrected chi connectivity index (χ4v) is 3.56. The van der Waals surface area contributed by atoms with E-state index in [2.05, 4.69) is 70.5 Å². The third-order valence-corrected chi connectivity index (χ3v) is 5.35. The molecule has 27 heavy (non-hydrogen) atoms. The van der Waals surface area contributed by atoms with E-state index in [4.69, 9.17) is 0 Å². The van der Waals surface area contributed by atoms with Gasteiger partial charge in [-0.25, -0.2) is 4.98 Å². The van der Waals surface area contributed by atoms with Gasteiger partial charge in [0.05, 0.1) is 5.01 Å². The summed E-state index contributed by atoms with van der Waals surface area (Å²) in [5.74, 6) is 0.830. The van der Waals surface area contributed by atoms with Crippen LogP contribution in [0.3, 0.4) is 0 Å². The molecule has 0 aliphatic carbocycles. The van der Waals surface area contributed by atoms with Gasteiger partial charge >= 0.3 is 0 Å². The van der Waals surface area contributed by atoms with E-state index in [0.29, 0.717) is 0 Å². The number of aliphatic imine (C=N–C) groups is 1. The molecule has 0 aliphatic rings. The number of thiazole rings is 1. The maximum atomic E-state index is 4.40. The highest BCUT2D eigenvalue weighted by molar-refractivity contribution is 14.0. The zero-order valence-corrected chi connectivity index (χ0v) is 19.9. The highest BCUT2D eigenvalue weighted by Crippen LogP contribution is 2.12. The maximum absolute atomic E-state index is 4.40. The lowest BCUT2D eigenvalue weighted by Crippen LogP contribution is -2.38. The maximum Gasteiger partial charge on any atom is 0.191 e. The Balaban J connectivity index is 0.00000364. The first-order chi connectivity index (χ1) is 12.7. The molecule has 1 heterocycles. The molecular formula is C20H32IN5S. The predicted molar refractivity (Wildman–Crippen MR) is 127 cm³/mol. The number of aromatic nitrogens is 1. The second kappa shape index (κ2) is 13.1. The summed E-state index contributed by atoms with van der Waals surface area (Å²) in [6.45, 7) is 11.2. The molecule has 0 amide bonds. The number of halogens is 1. The Morgan fingerprint density at radius 2 is 1.85 bits per heavy atom. The summed E-state index contributed by atoms with van der Waals surface area (Å²) >= 11 is 1.75. The van der Waals surface area contributed by atoms with E-state index in [9.17, 15) is 0 Å². The second-order valence-electron chi connectivity index (χ2n) is 6.20. The molecule has 0 radical (unpaired) electrons. The molecule has 1 aromatic carbocycles. The van der Waals surface area contributed by atoms with Crippen molar-refractivity contribution in [1.29, 1.82) is 0 Å². The second-order valence-corrected chi connectivity index (χ2v) is 7.52. The van der Waals surface area contributed by atoms with E-state index < -0.39 is 0 Å². The van der Waals surface area contributed by atoms with Crippen molar-refractivity contribution in [3.8, 4) is 0 Å². The molecule has 0 saturated heterocycles. The average molecular weight is 501 g/mol.